The lowest BCUT2D eigenvalue weighted by Crippen LogP contribution is -2.50. The molecular formula is C12H22N2O. The van der Waals surface area contributed by atoms with Crippen molar-refractivity contribution in [3.05, 3.63) is 0 Å². The van der Waals surface area contributed by atoms with Gasteiger partial charge >= 0.3 is 6.03 Å². The van der Waals surface area contributed by atoms with E-state index in [0.29, 0.717) is 12.1 Å². The highest BCUT2D eigenvalue weighted by atomic mass is 16.2. The topological polar surface area (TPSA) is 32.3 Å². The Morgan fingerprint density at radius 3 is 2.33 bits per heavy atom. The van der Waals surface area contributed by atoms with Crippen molar-refractivity contribution in [2.24, 2.45) is 5.92 Å². The highest BCUT2D eigenvalue weighted by molar-refractivity contribution is 5.75. The lowest BCUT2D eigenvalue weighted by Gasteiger charge is -2.38. The largest absolute Gasteiger partial charge is 0.338 e. The van der Waals surface area contributed by atoms with Gasteiger partial charge in [-0.05, 0) is 38.5 Å². The highest BCUT2D eigenvalue weighted by Gasteiger charge is 2.42. The molecule has 2 aliphatic heterocycles. The number of piperidine rings is 1. The van der Waals surface area contributed by atoms with Crippen LogP contribution in [0.1, 0.15) is 46.0 Å². The molecule has 3 heteroatoms. The molecule has 2 heterocycles. The lowest BCUT2D eigenvalue weighted by atomic mass is 9.89. The number of nitrogens with one attached hydrogen (secondary N) is 1. The molecule has 1 unspecified atom stereocenters. The first kappa shape index (κ1) is 10.8. The van der Waals surface area contributed by atoms with E-state index < -0.39 is 0 Å². The van der Waals surface area contributed by atoms with Crippen molar-refractivity contribution >= 4 is 6.03 Å². The molecule has 2 fully saturated rings. The second-order valence-electron chi connectivity index (χ2n) is 4.87. The normalized spacial score (nSPS) is 34.3. The second-order valence-corrected chi connectivity index (χ2v) is 4.87. The van der Waals surface area contributed by atoms with Gasteiger partial charge in [0.1, 0.15) is 0 Å². The van der Waals surface area contributed by atoms with Gasteiger partial charge in [0.05, 0.1) is 0 Å². The molecular weight excluding hydrogens is 188 g/mol. The highest BCUT2D eigenvalue weighted by Crippen LogP contribution is 2.39. The number of carbonyl (C=O) groups excluding carboxylic acids is 1. The van der Waals surface area contributed by atoms with E-state index in [1.165, 1.54) is 32.1 Å². The summed E-state index contributed by atoms with van der Waals surface area (Å²) in [4.78, 5) is 14.0. The van der Waals surface area contributed by atoms with E-state index in [0.717, 1.165) is 12.5 Å². The molecule has 15 heavy (non-hydrogen) atoms. The van der Waals surface area contributed by atoms with Gasteiger partial charge in [0.2, 0.25) is 0 Å². The standard InChI is InChI=1S/C12H22N2O/c1-3-9-7-10-5-6-11(8-9)14(10)12(15)13-4-2/h9-11H,3-8H2,1-2H3,(H,13,15)/t9?,10-,11+. The molecule has 0 saturated carbocycles. The van der Waals surface area contributed by atoms with Crippen LogP contribution in [0.5, 0.6) is 0 Å². The van der Waals surface area contributed by atoms with Crippen molar-refractivity contribution in [3.63, 3.8) is 0 Å². The molecule has 2 amide bonds. The SMILES string of the molecule is CCNC(=O)N1[C@@H]2CC[C@H]1CC(CC)C2. The summed E-state index contributed by atoms with van der Waals surface area (Å²) in [6.07, 6.45) is 6.17. The summed E-state index contributed by atoms with van der Waals surface area (Å²) in [5.41, 5.74) is 0. The molecule has 0 aromatic carbocycles. The monoisotopic (exact) mass is 210 g/mol. The summed E-state index contributed by atoms with van der Waals surface area (Å²) >= 11 is 0. The zero-order valence-corrected chi connectivity index (χ0v) is 9.83. The summed E-state index contributed by atoms with van der Waals surface area (Å²) in [7, 11) is 0. The van der Waals surface area contributed by atoms with Crippen LogP contribution in [0.25, 0.3) is 0 Å². The fraction of sp³-hybridized carbons (Fsp3) is 0.917. The number of hydrogen-bond acceptors (Lipinski definition) is 1. The van der Waals surface area contributed by atoms with Gasteiger partial charge in [-0.1, -0.05) is 13.3 Å². The average molecular weight is 210 g/mol. The minimum Gasteiger partial charge on any atom is -0.338 e. The summed E-state index contributed by atoms with van der Waals surface area (Å²) in [6.45, 7) is 5.00. The van der Waals surface area contributed by atoms with Gasteiger partial charge in [0.25, 0.3) is 0 Å². The molecule has 0 aromatic rings. The third kappa shape index (κ3) is 1.97. The third-order valence-electron chi connectivity index (χ3n) is 3.97. The molecule has 2 bridgehead atoms. The van der Waals surface area contributed by atoms with Gasteiger partial charge in [0.15, 0.2) is 0 Å². The fourth-order valence-corrected chi connectivity index (χ4v) is 3.20. The molecule has 3 atom stereocenters. The van der Waals surface area contributed by atoms with Crippen molar-refractivity contribution < 1.29 is 4.79 Å². The van der Waals surface area contributed by atoms with E-state index in [9.17, 15) is 4.79 Å². The van der Waals surface area contributed by atoms with E-state index in [1.54, 1.807) is 0 Å². The Hall–Kier alpha value is -0.730. The summed E-state index contributed by atoms with van der Waals surface area (Å²) in [5.74, 6) is 0.855. The first-order chi connectivity index (χ1) is 7.26. The molecule has 0 radical (unpaired) electrons. The second kappa shape index (κ2) is 4.42. The third-order valence-corrected chi connectivity index (χ3v) is 3.97. The van der Waals surface area contributed by atoms with Crippen LogP contribution in [0, 0.1) is 5.92 Å². The number of amides is 2. The van der Waals surface area contributed by atoms with Gasteiger partial charge < -0.3 is 10.2 Å². The number of rotatable bonds is 2. The van der Waals surface area contributed by atoms with Gasteiger partial charge in [-0.15, -0.1) is 0 Å². The minimum atomic E-state index is 0.166. The molecule has 86 valence electrons. The van der Waals surface area contributed by atoms with Crippen LogP contribution >= 0.6 is 0 Å². The molecule has 1 N–H and O–H groups in total. The molecule has 2 rings (SSSR count). The summed E-state index contributed by atoms with van der Waals surface area (Å²) < 4.78 is 0. The Bertz CT molecular complexity index is 228. The van der Waals surface area contributed by atoms with Crippen LogP contribution in [0.3, 0.4) is 0 Å². The predicted octanol–water partition coefficient (Wildman–Crippen LogP) is 2.37. The number of nitrogens with zero attached hydrogens (tertiary/aromatic N) is 1. The quantitative estimate of drug-likeness (QED) is 0.745. The molecule has 0 aromatic heterocycles. The Morgan fingerprint density at radius 1 is 1.27 bits per heavy atom. The van der Waals surface area contributed by atoms with Crippen LogP contribution in [0.4, 0.5) is 4.79 Å². The number of hydrogen-bond donors (Lipinski definition) is 1. The van der Waals surface area contributed by atoms with Crippen LogP contribution in [0.15, 0.2) is 0 Å². The Labute approximate surface area is 92.2 Å². The van der Waals surface area contributed by atoms with Crippen molar-refractivity contribution in [3.8, 4) is 0 Å². The van der Waals surface area contributed by atoms with Crippen molar-refractivity contribution in [1.82, 2.24) is 10.2 Å². The van der Waals surface area contributed by atoms with Crippen molar-refractivity contribution in [2.75, 3.05) is 6.54 Å². The minimum absolute atomic E-state index is 0.166. The first-order valence-electron chi connectivity index (χ1n) is 6.32. The molecule has 0 aliphatic carbocycles. The van der Waals surface area contributed by atoms with E-state index in [2.05, 4.69) is 17.1 Å². The number of carbonyl (C=O) groups is 1. The maximum Gasteiger partial charge on any atom is 0.317 e. The van der Waals surface area contributed by atoms with E-state index >= 15 is 0 Å². The first-order valence-corrected chi connectivity index (χ1v) is 6.32. The molecule has 2 aliphatic rings. The summed E-state index contributed by atoms with van der Waals surface area (Å²) in [6, 6.07) is 1.22. The number of urea groups is 1. The van der Waals surface area contributed by atoms with Crippen LogP contribution in [-0.4, -0.2) is 29.6 Å². The zero-order chi connectivity index (χ0) is 10.8. The van der Waals surface area contributed by atoms with Crippen molar-refractivity contribution in [1.29, 1.82) is 0 Å². The number of fused-ring (bicyclic) bond motifs is 2. The molecule has 2 saturated heterocycles. The Kier molecular flexibility index (Phi) is 3.17. The Balaban J connectivity index is 2.01. The van der Waals surface area contributed by atoms with Crippen LogP contribution in [0.2, 0.25) is 0 Å². The molecule has 0 spiro atoms. The van der Waals surface area contributed by atoms with Crippen LogP contribution < -0.4 is 5.32 Å². The van der Waals surface area contributed by atoms with E-state index in [-0.39, 0.29) is 6.03 Å². The molecule has 3 nitrogen and oxygen atoms in total. The predicted molar refractivity (Wildman–Crippen MR) is 60.7 cm³/mol. The van der Waals surface area contributed by atoms with E-state index in [1.807, 2.05) is 6.92 Å². The maximum atomic E-state index is 11.9. The smallest absolute Gasteiger partial charge is 0.317 e. The van der Waals surface area contributed by atoms with Gasteiger partial charge in [0, 0.05) is 18.6 Å². The van der Waals surface area contributed by atoms with Gasteiger partial charge in [-0.25, -0.2) is 4.79 Å². The average Bonchev–Trinajstić information content (AvgIpc) is 2.50. The summed E-state index contributed by atoms with van der Waals surface area (Å²) in [5, 5.41) is 2.94. The Morgan fingerprint density at radius 2 is 1.87 bits per heavy atom. The van der Waals surface area contributed by atoms with Gasteiger partial charge in [-0.3, -0.25) is 0 Å². The van der Waals surface area contributed by atoms with Gasteiger partial charge in [-0.2, -0.15) is 0 Å². The fourth-order valence-electron chi connectivity index (χ4n) is 3.20. The van der Waals surface area contributed by atoms with Crippen molar-refractivity contribution in [2.45, 2.75) is 58.0 Å². The maximum absolute atomic E-state index is 11.9. The van der Waals surface area contributed by atoms with Crippen LogP contribution in [-0.2, 0) is 0 Å². The van der Waals surface area contributed by atoms with E-state index in [4.69, 9.17) is 0 Å². The lowest BCUT2D eigenvalue weighted by molar-refractivity contribution is 0.121. The zero-order valence-electron chi connectivity index (χ0n) is 9.83.